The molecule has 5 heteroatoms. The number of rotatable bonds is 3. The van der Waals surface area contributed by atoms with Crippen LogP contribution in [0.2, 0.25) is 0 Å². The molecule has 0 spiro atoms. The third-order valence-corrected chi connectivity index (χ3v) is 4.14. The minimum Gasteiger partial charge on any atom is -0.384 e. The molecule has 2 N–H and O–H groups in total. The molecule has 0 aliphatic heterocycles. The highest BCUT2D eigenvalue weighted by Gasteiger charge is 2.18. The average Bonchev–Trinajstić information content (AvgIpc) is 2.57. The lowest BCUT2D eigenvalue weighted by Crippen LogP contribution is -2.24. The molecule has 0 aliphatic carbocycles. The van der Waals surface area contributed by atoms with Crippen LogP contribution in [-0.2, 0) is 0 Å². The first-order valence-corrected chi connectivity index (χ1v) is 7.78. The number of nitrogen functional groups attached to an aromatic ring is 1. The van der Waals surface area contributed by atoms with E-state index >= 15 is 0 Å². The molecule has 126 valence electrons. The van der Waals surface area contributed by atoms with Crippen LogP contribution < -0.4 is 11.3 Å². The maximum atomic E-state index is 13.1. The molecule has 3 rings (SSSR count). The van der Waals surface area contributed by atoms with E-state index in [1.54, 1.807) is 0 Å². The summed E-state index contributed by atoms with van der Waals surface area (Å²) in [4.78, 5) is 25.1. The largest absolute Gasteiger partial charge is 0.384 e. The number of carbonyl (C=O) groups is 1. The van der Waals surface area contributed by atoms with Crippen LogP contribution in [-0.4, -0.2) is 10.4 Å². The molecule has 2 aromatic carbocycles. The van der Waals surface area contributed by atoms with E-state index in [1.807, 2.05) is 32.0 Å². The number of para-hydroxylation sites is 1. The number of benzene rings is 2. The lowest BCUT2D eigenvalue weighted by atomic mass is 10.0. The number of aryl methyl sites for hydroxylation is 2. The van der Waals surface area contributed by atoms with E-state index in [9.17, 15) is 14.0 Å². The zero-order valence-corrected chi connectivity index (χ0v) is 13.9. The quantitative estimate of drug-likeness (QED) is 0.746. The van der Waals surface area contributed by atoms with Crippen LogP contribution in [0.3, 0.4) is 0 Å². The van der Waals surface area contributed by atoms with Crippen LogP contribution in [0.15, 0.2) is 59.4 Å². The van der Waals surface area contributed by atoms with Gasteiger partial charge in [0.15, 0.2) is 5.78 Å². The molecule has 0 bridgehead atoms. The molecule has 0 fully saturated rings. The average molecular weight is 336 g/mol. The van der Waals surface area contributed by atoms with E-state index < -0.39 is 5.82 Å². The fourth-order valence-corrected chi connectivity index (χ4v) is 2.89. The molecule has 0 aliphatic rings. The molecule has 0 atom stereocenters. The second-order valence-corrected chi connectivity index (χ2v) is 5.88. The van der Waals surface area contributed by atoms with Crippen molar-refractivity contribution in [1.29, 1.82) is 0 Å². The summed E-state index contributed by atoms with van der Waals surface area (Å²) in [5.41, 5.74) is 8.80. The smallest absolute Gasteiger partial charge is 0.256 e. The number of hydrogen-bond donors (Lipinski definition) is 1. The summed E-state index contributed by atoms with van der Waals surface area (Å²) in [7, 11) is 0. The predicted molar refractivity (Wildman–Crippen MR) is 95.8 cm³/mol. The molecule has 1 aromatic heterocycles. The molecule has 0 amide bonds. The Labute approximate surface area is 144 Å². The summed E-state index contributed by atoms with van der Waals surface area (Å²) < 4.78 is 14.4. The van der Waals surface area contributed by atoms with E-state index in [4.69, 9.17) is 5.73 Å². The van der Waals surface area contributed by atoms with Crippen molar-refractivity contribution >= 4 is 11.6 Å². The Morgan fingerprint density at radius 1 is 0.960 bits per heavy atom. The normalized spacial score (nSPS) is 10.7. The number of halogens is 1. The van der Waals surface area contributed by atoms with Crippen LogP contribution in [0.1, 0.15) is 27.0 Å². The SMILES string of the molecule is Cc1cccc(C)c1-n1c(N)c(C(=O)c2ccc(F)cc2)ccc1=O. The van der Waals surface area contributed by atoms with E-state index in [2.05, 4.69) is 0 Å². The fraction of sp³-hybridized carbons (Fsp3) is 0.100. The van der Waals surface area contributed by atoms with Crippen molar-refractivity contribution in [2.75, 3.05) is 5.73 Å². The van der Waals surface area contributed by atoms with Crippen molar-refractivity contribution in [3.8, 4) is 5.69 Å². The third-order valence-electron chi connectivity index (χ3n) is 4.14. The zero-order chi connectivity index (χ0) is 18.1. The Hall–Kier alpha value is -3.21. The summed E-state index contributed by atoms with van der Waals surface area (Å²) in [6.45, 7) is 3.76. The van der Waals surface area contributed by atoms with E-state index in [0.29, 0.717) is 11.3 Å². The van der Waals surface area contributed by atoms with Crippen LogP contribution in [0.25, 0.3) is 5.69 Å². The Morgan fingerprint density at radius 3 is 2.16 bits per heavy atom. The van der Waals surface area contributed by atoms with Crippen LogP contribution >= 0.6 is 0 Å². The number of carbonyl (C=O) groups excluding carboxylic acids is 1. The zero-order valence-electron chi connectivity index (χ0n) is 13.9. The summed E-state index contributed by atoms with van der Waals surface area (Å²) in [6, 6.07) is 13.6. The highest BCUT2D eigenvalue weighted by molar-refractivity contribution is 6.11. The molecule has 0 radical (unpaired) electrons. The third kappa shape index (κ3) is 2.96. The predicted octanol–water partition coefficient (Wildman–Crippen LogP) is 3.41. The molecule has 0 saturated carbocycles. The minimum absolute atomic E-state index is 0.0687. The van der Waals surface area contributed by atoms with Crippen molar-refractivity contribution in [3.63, 3.8) is 0 Å². The molecule has 0 unspecified atom stereocenters. The standard InChI is InChI=1S/C20H17FN2O2/c1-12-4-3-5-13(2)18(12)23-17(24)11-10-16(20(23)22)19(25)14-6-8-15(21)9-7-14/h3-11H,22H2,1-2H3. The van der Waals surface area contributed by atoms with Crippen molar-refractivity contribution in [1.82, 2.24) is 4.57 Å². The number of ketones is 1. The molecule has 0 saturated heterocycles. The van der Waals surface area contributed by atoms with Crippen LogP contribution in [0.5, 0.6) is 0 Å². The molecule has 3 aromatic rings. The topological polar surface area (TPSA) is 65.1 Å². The fourth-order valence-electron chi connectivity index (χ4n) is 2.89. The van der Waals surface area contributed by atoms with Crippen molar-refractivity contribution in [3.05, 3.63) is 93.0 Å². The van der Waals surface area contributed by atoms with Crippen molar-refractivity contribution < 1.29 is 9.18 Å². The first-order chi connectivity index (χ1) is 11.9. The van der Waals surface area contributed by atoms with Crippen LogP contribution in [0, 0.1) is 19.7 Å². The number of aromatic nitrogens is 1. The van der Waals surface area contributed by atoms with E-state index in [1.165, 1.54) is 41.0 Å². The Bertz CT molecular complexity index is 1000. The van der Waals surface area contributed by atoms with Gasteiger partial charge >= 0.3 is 0 Å². The van der Waals surface area contributed by atoms with Crippen LogP contribution in [0.4, 0.5) is 10.2 Å². The monoisotopic (exact) mass is 336 g/mol. The van der Waals surface area contributed by atoms with Gasteiger partial charge in [-0.05, 0) is 55.3 Å². The van der Waals surface area contributed by atoms with Gasteiger partial charge in [0, 0.05) is 11.6 Å². The van der Waals surface area contributed by atoms with E-state index in [0.717, 1.165) is 11.1 Å². The van der Waals surface area contributed by atoms with Gasteiger partial charge in [-0.3, -0.25) is 14.2 Å². The van der Waals surface area contributed by atoms with Crippen molar-refractivity contribution in [2.24, 2.45) is 0 Å². The van der Waals surface area contributed by atoms with Gasteiger partial charge in [0.05, 0.1) is 11.3 Å². The summed E-state index contributed by atoms with van der Waals surface area (Å²) >= 11 is 0. The van der Waals surface area contributed by atoms with Gasteiger partial charge in [-0.15, -0.1) is 0 Å². The minimum atomic E-state index is -0.426. The number of hydrogen-bond acceptors (Lipinski definition) is 3. The maximum Gasteiger partial charge on any atom is 0.256 e. The Kier molecular flexibility index (Phi) is 4.23. The first-order valence-electron chi connectivity index (χ1n) is 7.78. The summed E-state index contributed by atoms with van der Waals surface area (Å²) in [5, 5.41) is 0. The van der Waals surface area contributed by atoms with Gasteiger partial charge in [-0.25, -0.2) is 4.39 Å². The molecule has 4 nitrogen and oxygen atoms in total. The lowest BCUT2D eigenvalue weighted by Gasteiger charge is -2.17. The maximum absolute atomic E-state index is 13.1. The second-order valence-electron chi connectivity index (χ2n) is 5.88. The van der Waals surface area contributed by atoms with Gasteiger partial charge in [-0.1, -0.05) is 18.2 Å². The number of nitrogens with two attached hydrogens (primary N) is 1. The lowest BCUT2D eigenvalue weighted by molar-refractivity contribution is 0.103. The number of nitrogens with zero attached hydrogens (tertiary/aromatic N) is 1. The van der Waals surface area contributed by atoms with Gasteiger partial charge < -0.3 is 5.73 Å². The summed E-state index contributed by atoms with van der Waals surface area (Å²) in [6.07, 6.45) is 0. The Morgan fingerprint density at radius 2 is 1.56 bits per heavy atom. The van der Waals surface area contributed by atoms with E-state index in [-0.39, 0.29) is 22.7 Å². The molecular formula is C20H17FN2O2. The van der Waals surface area contributed by atoms with Gasteiger partial charge in [0.1, 0.15) is 11.6 Å². The number of pyridine rings is 1. The number of anilines is 1. The molecular weight excluding hydrogens is 319 g/mol. The van der Waals surface area contributed by atoms with Gasteiger partial charge in [0.2, 0.25) is 0 Å². The molecule has 25 heavy (non-hydrogen) atoms. The second kappa shape index (κ2) is 6.36. The highest BCUT2D eigenvalue weighted by atomic mass is 19.1. The first kappa shape index (κ1) is 16.6. The molecule has 1 heterocycles. The Balaban J connectivity index is 2.21. The highest BCUT2D eigenvalue weighted by Crippen LogP contribution is 2.23. The van der Waals surface area contributed by atoms with Crippen molar-refractivity contribution in [2.45, 2.75) is 13.8 Å². The van der Waals surface area contributed by atoms with Gasteiger partial charge in [0.25, 0.3) is 5.56 Å². The van der Waals surface area contributed by atoms with Gasteiger partial charge in [-0.2, -0.15) is 0 Å². The summed E-state index contributed by atoms with van der Waals surface area (Å²) in [5.74, 6) is -0.721.